The first-order chi connectivity index (χ1) is 8.79. The Hall–Kier alpha value is -1.15. The van der Waals surface area contributed by atoms with Crippen LogP contribution in [-0.2, 0) is 13.1 Å². The van der Waals surface area contributed by atoms with E-state index in [1.54, 1.807) is 4.68 Å². The summed E-state index contributed by atoms with van der Waals surface area (Å²) in [5.41, 5.74) is 2.00. The number of anilines is 1. The Kier molecular flexibility index (Phi) is 4.94. The summed E-state index contributed by atoms with van der Waals surface area (Å²) in [6.45, 7) is 1.53. The first-order valence-electron chi connectivity index (χ1n) is 5.78. The molecule has 0 spiro atoms. The van der Waals surface area contributed by atoms with Crippen LogP contribution in [0.5, 0.6) is 0 Å². The maximum Gasteiger partial charge on any atom is 0.102 e. The van der Waals surface area contributed by atoms with E-state index >= 15 is 0 Å². The molecule has 0 fully saturated rings. The third-order valence-electron chi connectivity index (χ3n) is 2.47. The molecule has 2 N–H and O–H groups in total. The molecule has 1 heterocycles. The number of benzene rings is 1. The van der Waals surface area contributed by atoms with Crippen LogP contribution in [0.1, 0.15) is 12.1 Å². The second-order valence-electron chi connectivity index (χ2n) is 3.88. The zero-order valence-corrected chi connectivity index (χ0v) is 12.0. The average molecular weight is 358 g/mol. The lowest BCUT2D eigenvalue weighted by molar-refractivity contribution is 0.276. The number of nitrogens with zero attached hydrogens (tertiary/aromatic N) is 3. The van der Waals surface area contributed by atoms with Crippen LogP contribution in [0, 0.1) is 3.57 Å². The van der Waals surface area contributed by atoms with Crippen molar-refractivity contribution >= 4 is 28.3 Å². The summed E-state index contributed by atoms with van der Waals surface area (Å²) >= 11 is 2.30. The monoisotopic (exact) mass is 358 g/mol. The van der Waals surface area contributed by atoms with E-state index in [1.807, 2.05) is 24.4 Å². The molecule has 0 saturated heterocycles. The molecule has 0 amide bonds. The molecule has 0 atom stereocenters. The molecule has 0 aliphatic heterocycles. The summed E-state index contributed by atoms with van der Waals surface area (Å²) in [6, 6.07) is 8.11. The lowest BCUT2D eigenvalue weighted by Gasteiger charge is -2.05. The number of para-hydroxylation sites is 1. The van der Waals surface area contributed by atoms with Gasteiger partial charge in [0, 0.05) is 22.4 Å². The van der Waals surface area contributed by atoms with E-state index in [1.165, 1.54) is 3.57 Å². The fourth-order valence-corrected chi connectivity index (χ4v) is 2.13. The Morgan fingerprint density at radius 2 is 2.17 bits per heavy atom. The SMILES string of the molecule is OCCCn1cc(CNc2ccccc2I)nn1. The Morgan fingerprint density at radius 1 is 1.33 bits per heavy atom. The van der Waals surface area contributed by atoms with Crippen molar-refractivity contribution in [3.8, 4) is 0 Å². The zero-order chi connectivity index (χ0) is 12.8. The van der Waals surface area contributed by atoms with Crippen LogP contribution in [0.2, 0.25) is 0 Å². The number of aryl methyl sites for hydroxylation is 1. The van der Waals surface area contributed by atoms with Gasteiger partial charge in [0.25, 0.3) is 0 Å². The normalized spacial score (nSPS) is 10.6. The van der Waals surface area contributed by atoms with Crippen molar-refractivity contribution in [3.63, 3.8) is 0 Å². The van der Waals surface area contributed by atoms with Gasteiger partial charge in [-0.05, 0) is 41.1 Å². The molecule has 0 saturated carbocycles. The van der Waals surface area contributed by atoms with Crippen LogP contribution in [0.25, 0.3) is 0 Å². The quantitative estimate of drug-likeness (QED) is 0.774. The molecule has 0 aliphatic carbocycles. The van der Waals surface area contributed by atoms with Gasteiger partial charge in [-0.15, -0.1) is 5.10 Å². The minimum absolute atomic E-state index is 0.176. The number of aromatic nitrogens is 3. The van der Waals surface area contributed by atoms with Crippen LogP contribution in [0.15, 0.2) is 30.5 Å². The van der Waals surface area contributed by atoms with Crippen molar-refractivity contribution < 1.29 is 5.11 Å². The van der Waals surface area contributed by atoms with Crippen molar-refractivity contribution in [1.29, 1.82) is 0 Å². The predicted octanol–water partition coefficient (Wildman–Crippen LogP) is 1.88. The summed E-state index contributed by atoms with van der Waals surface area (Å²) in [5, 5.41) is 20.2. The summed E-state index contributed by atoms with van der Waals surface area (Å²) in [7, 11) is 0. The molecule has 0 bridgehead atoms. The van der Waals surface area contributed by atoms with Gasteiger partial charge in [0.1, 0.15) is 5.69 Å². The zero-order valence-electron chi connectivity index (χ0n) is 9.88. The molecule has 0 unspecified atom stereocenters. The van der Waals surface area contributed by atoms with Crippen molar-refractivity contribution in [2.75, 3.05) is 11.9 Å². The van der Waals surface area contributed by atoms with Gasteiger partial charge >= 0.3 is 0 Å². The third kappa shape index (κ3) is 3.67. The van der Waals surface area contributed by atoms with E-state index in [4.69, 9.17) is 5.11 Å². The highest BCUT2D eigenvalue weighted by molar-refractivity contribution is 14.1. The Morgan fingerprint density at radius 3 is 2.94 bits per heavy atom. The maximum atomic E-state index is 8.74. The van der Waals surface area contributed by atoms with Crippen LogP contribution in [-0.4, -0.2) is 26.7 Å². The lowest BCUT2D eigenvalue weighted by atomic mass is 10.3. The Balaban J connectivity index is 1.90. The smallest absolute Gasteiger partial charge is 0.102 e. The van der Waals surface area contributed by atoms with Crippen molar-refractivity contribution in [2.45, 2.75) is 19.5 Å². The van der Waals surface area contributed by atoms with E-state index in [9.17, 15) is 0 Å². The summed E-state index contributed by atoms with van der Waals surface area (Å²) in [6.07, 6.45) is 2.60. The maximum absolute atomic E-state index is 8.74. The van der Waals surface area contributed by atoms with E-state index in [0.717, 1.165) is 11.4 Å². The number of hydrogen-bond donors (Lipinski definition) is 2. The standard InChI is InChI=1S/C12H15IN4O/c13-11-4-1-2-5-12(11)14-8-10-9-17(16-15-10)6-3-7-18/h1-2,4-5,9,14,18H,3,6-8H2. The molecule has 6 heteroatoms. The highest BCUT2D eigenvalue weighted by Gasteiger charge is 2.02. The number of nitrogens with one attached hydrogen (secondary N) is 1. The molecule has 2 aromatic rings. The van der Waals surface area contributed by atoms with E-state index in [2.05, 4.69) is 44.3 Å². The lowest BCUT2D eigenvalue weighted by Crippen LogP contribution is -2.01. The van der Waals surface area contributed by atoms with Gasteiger partial charge < -0.3 is 10.4 Å². The van der Waals surface area contributed by atoms with Gasteiger partial charge in [-0.1, -0.05) is 17.3 Å². The number of halogens is 1. The second-order valence-corrected chi connectivity index (χ2v) is 5.05. The third-order valence-corrected chi connectivity index (χ3v) is 3.41. The first kappa shape index (κ1) is 13.3. The van der Waals surface area contributed by atoms with Gasteiger partial charge in [0.15, 0.2) is 0 Å². The highest BCUT2D eigenvalue weighted by Crippen LogP contribution is 2.17. The van der Waals surface area contributed by atoms with Crippen molar-refractivity contribution in [1.82, 2.24) is 15.0 Å². The average Bonchev–Trinajstić information content (AvgIpc) is 2.83. The second kappa shape index (κ2) is 6.69. The van der Waals surface area contributed by atoms with Gasteiger partial charge in [-0.3, -0.25) is 4.68 Å². The minimum atomic E-state index is 0.176. The number of aliphatic hydroxyl groups is 1. The molecular formula is C12H15IN4O. The first-order valence-corrected chi connectivity index (χ1v) is 6.86. The van der Waals surface area contributed by atoms with Crippen LogP contribution >= 0.6 is 22.6 Å². The molecule has 0 radical (unpaired) electrons. The number of aliphatic hydroxyl groups excluding tert-OH is 1. The fraction of sp³-hybridized carbons (Fsp3) is 0.333. The van der Waals surface area contributed by atoms with Crippen LogP contribution in [0.4, 0.5) is 5.69 Å². The topological polar surface area (TPSA) is 63.0 Å². The fourth-order valence-electron chi connectivity index (χ4n) is 1.55. The van der Waals surface area contributed by atoms with Crippen LogP contribution in [0.3, 0.4) is 0 Å². The van der Waals surface area contributed by atoms with Crippen LogP contribution < -0.4 is 5.32 Å². The highest BCUT2D eigenvalue weighted by atomic mass is 127. The van der Waals surface area contributed by atoms with Gasteiger partial charge in [-0.25, -0.2) is 0 Å². The van der Waals surface area contributed by atoms with E-state index in [0.29, 0.717) is 19.5 Å². The van der Waals surface area contributed by atoms with Gasteiger partial charge in [0.05, 0.1) is 12.7 Å². The Labute approximate surface area is 119 Å². The van der Waals surface area contributed by atoms with Crippen molar-refractivity contribution in [2.24, 2.45) is 0 Å². The summed E-state index contributed by atoms with van der Waals surface area (Å²) in [5.74, 6) is 0. The largest absolute Gasteiger partial charge is 0.396 e. The van der Waals surface area contributed by atoms with E-state index in [-0.39, 0.29) is 6.61 Å². The van der Waals surface area contributed by atoms with Crippen molar-refractivity contribution in [3.05, 3.63) is 39.7 Å². The molecule has 0 aliphatic rings. The molecule has 96 valence electrons. The molecular weight excluding hydrogens is 343 g/mol. The van der Waals surface area contributed by atoms with Gasteiger partial charge in [0.2, 0.25) is 0 Å². The molecule has 5 nitrogen and oxygen atoms in total. The molecule has 1 aromatic heterocycles. The Bertz CT molecular complexity index is 500. The number of rotatable bonds is 6. The molecule has 18 heavy (non-hydrogen) atoms. The summed E-state index contributed by atoms with van der Waals surface area (Å²) < 4.78 is 2.94. The molecule has 2 rings (SSSR count). The summed E-state index contributed by atoms with van der Waals surface area (Å²) in [4.78, 5) is 0. The van der Waals surface area contributed by atoms with E-state index < -0.39 is 0 Å². The minimum Gasteiger partial charge on any atom is -0.396 e. The predicted molar refractivity (Wildman–Crippen MR) is 78.2 cm³/mol. The molecule has 1 aromatic carbocycles. The van der Waals surface area contributed by atoms with Gasteiger partial charge in [-0.2, -0.15) is 0 Å². The number of hydrogen-bond acceptors (Lipinski definition) is 4.